The number of hydrogen-bond donors (Lipinski definition) is 0. The van der Waals surface area contributed by atoms with Crippen LogP contribution in [0.3, 0.4) is 0 Å². The quantitative estimate of drug-likeness (QED) is 0.434. The molecule has 3 aromatic rings. The lowest BCUT2D eigenvalue weighted by Crippen LogP contribution is -2.49. The Labute approximate surface area is 229 Å². The van der Waals surface area contributed by atoms with Crippen molar-refractivity contribution in [2.75, 3.05) is 51.3 Å². The molecule has 0 unspecified atom stereocenters. The highest BCUT2D eigenvalue weighted by Crippen LogP contribution is 2.34. The third-order valence-electron chi connectivity index (χ3n) is 7.74. The monoisotopic (exact) mass is 551 g/mol. The van der Waals surface area contributed by atoms with Crippen molar-refractivity contribution in [1.29, 1.82) is 0 Å². The van der Waals surface area contributed by atoms with Gasteiger partial charge in [-0.1, -0.05) is 42.5 Å². The van der Waals surface area contributed by atoms with Crippen LogP contribution in [0.5, 0.6) is 5.75 Å². The van der Waals surface area contributed by atoms with Gasteiger partial charge in [-0.05, 0) is 61.1 Å². The van der Waals surface area contributed by atoms with Gasteiger partial charge in [0.15, 0.2) is 0 Å². The fourth-order valence-corrected chi connectivity index (χ4v) is 6.97. The molecule has 2 aliphatic heterocycles. The van der Waals surface area contributed by atoms with Crippen LogP contribution in [0.4, 0.5) is 10.1 Å². The fraction of sp³-hybridized carbons (Fsp3) is 0.367. The van der Waals surface area contributed by atoms with E-state index in [4.69, 9.17) is 4.74 Å². The molecule has 0 atom stereocenters. The third-order valence-corrected chi connectivity index (χ3v) is 9.64. The van der Waals surface area contributed by atoms with Crippen LogP contribution in [0.15, 0.2) is 77.7 Å². The first kappa shape index (κ1) is 27.1. The lowest BCUT2D eigenvalue weighted by molar-refractivity contribution is 0.0742. The van der Waals surface area contributed by atoms with Crippen molar-refractivity contribution in [3.05, 3.63) is 89.7 Å². The summed E-state index contributed by atoms with van der Waals surface area (Å²) in [6.07, 6.45) is 2.62. The number of piperazine rings is 1. The van der Waals surface area contributed by atoms with Crippen LogP contribution in [-0.4, -0.2) is 69.9 Å². The van der Waals surface area contributed by atoms with Crippen molar-refractivity contribution >= 4 is 21.6 Å². The number of rotatable bonds is 7. The zero-order valence-corrected chi connectivity index (χ0v) is 22.9. The molecule has 2 aliphatic rings. The number of carbonyl (C=O) groups is 1. The Morgan fingerprint density at radius 2 is 1.56 bits per heavy atom. The van der Waals surface area contributed by atoms with Gasteiger partial charge in [0.25, 0.3) is 5.91 Å². The van der Waals surface area contributed by atoms with E-state index in [1.54, 1.807) is 46.6 Å². The largest absolute Gasteiger partial charge is 0.495 e. The van der Waals surface area contributed by atoms with E-state index in [0.29, 0.717) is 56.6 Å². The lowest BCUT2D eigenvalue weighted by atomic mass is 9.91. The maximum atomic E-state index is 14.1. The summed E-state index contributed by atoms with van der Waals surface area (Å²) in [6.45, 7) is 2.73. The van der Waals surface area contributed by atoms with Gasteiger partial charge >= 0.3 is 0 Å². The first-order valence-corrected chi connectivity index (χ1v) is 14.8. The van der Waals surface area contributed by atoms with E-state index in [1.807, 2.05) is 23.1 Å². The molecule has 2 heterocycles. The molecule has 0 aromatic heterocycles. The van der Waals surface area contributed by atoms with E-state index >= 15 is 0 Å². The molecule has 0 radical (unpaired) electrons. The molecule has 1 amide bonds. The van der Waals surface area contributed by atoms with E-state index in [0.717, 1.165) is 19.3 Å². The van der Waals surface area contributed by atoms with Crippen LogP contribution in [0.2, 0.25) is 0 Å². The fourth-order valence-electron chi connectivity index (χ4n) is 5.48. The number of sulfonamides is 1. The van der Waals surface area contributed by atoms with Crippen LogP contribution < -0.4 is 9.64 Å². The Morgan fingerprint density at radius 1 is 0.897 bits per heavy atom. The van der Waals surface area contributed by atoms with Crippen molar-refractivity contribution in [2.24, 2.45) is 5.92 Å². The van der Waals surface area contributed by atoms with E-state index in [2.05, 4.69) is 12.1 Å². The van der Waals surface area contributed by atoms with E-state index in [9.17, 15) is 17.6 Å². The molecule has 3 aromatic carbocycles. The van der Waals surface area contributed by atoms with Gasteiger partial charge in [-0.15, -0.1) is 0 Å². The zero-order valence-electron chi connectivity index (χ0n) is 22.1. The van der Waals surface area contributed by atoms with E-state index in [-0.39, 0.29) is 16.4 Å². The van der Waals surface area contributed by atoms with Crippen molar-refractivity contribution in [3.8, 4) is 5.75 Å². The van der Waals surface area contributed by atoms with Gasteiger partial charge in [0.2, 0.25) is 10.0 Å². The summed E-state index contributed by atoms with van der Waals surface area (Å²) in [5.41, 5.74) is 2.02. The average molecular weight is 552 g/mol. The van der Waals surface area contributed by atoms with Crippen LogP contribution in [0.1, 0.15) is 28.8 Å². The number of benzene rings is 3. The predicted molar refractivity (Wildman–Crippen MR) is 149 cm³/mol. The molecule has 0 aliphatic carbocycles. The lowest BCUT2D eigenvalue weighted by Gasteiger charge is -2.37. The number of piperidine rings is 1. The standard InChI is InChI=1S/C30H34FN3O4S/c1-38-29-12-11-25(39(36,37)34-15-13-24(14-16-34)21-23-7-3-2-4-8-23)22-28(29)32-17-19-33(20-18-32)30(35)26-9-5-6-10-27(26)31/h2-12,22,24H,13-21H2,1H3. The maximum absolute atomic E-state index is 14.1. The molecule has 9 heteroatoms. The minimum atomic E-state index is -3.66. The molecule has 5 rings (SSSR count). The van der Waals surface area contributed by atoms with Crippen LogP contribution >= 0.6 is 0 Å². The van der Waals surface area contributed by atoms with Gasteiger partial charge < -0.3 is 14.5 Å². The number of carbonyl (C=O) groups excluding carboxylic acids is 1. The van der Waals surface area contributed by atoms with Crippen LogP contribution in [-0.2, 0) is 16.4 Å². The van der Waals surface area contributed by atoms with Crippen LogP contribution in [0.25, 0.3) is 0 Å². The molecular weight excluding hydrogens is 517 g/mol. The number of halogens is 1. The van der Waals surface area contributed by atoms with Gasteiger partial charge in [0, 0.05) is 39.3 Å². The van der Waals surface area contributed by atoms with Crippen molar-refractivity contribution in [3.63, 3.8) is 0 Å². The Bertz CT molecular complexity index is 1400. The van der Waals surface area contributed by atoms with E-state index < -0.39 is 15.8 Å². The summed E-state index contributed by atoms with van der Waals surface area (Å²) in [4.78, 5) is 16.7. The second-order valence-corrected chi connectivity index (χ2v) is 12.1. The predicted octanol–water partition coefficient (Wildman–Crippen LogP) is 4.44. The molecular formula is C30H34FN3O4S. The Balaban J connectivity index is 1.26. The molecule has 0 spiro atoms. The average Bonchev–Trinajstić information content (AvgIpc) is 2.97. The smallest absolute Gasteiger partial charge is 0.256 e. The summed E-state index contributed by atoms with van der Waals surface area (Å²) in [5, 5.41) is 0. The summed E-state index contributed by atoms with van der Waals surface area (Å²) in [5.74, 6) is 0.165. The topological polar surface area (TPSA) is 70.2 Å². The molecule has 0 saturated carbocycles. The second-order valence-electron chi connectivity index (χ2n) is 10.1. The van der Waals surface area contributed by atoms with Gasteiger partial charge in [-0.2, -0.15) is 4.31 Å². The minimum absolute atomic E-state index is 0.0594. The number of nitrogens with zero attached hydrogens (tertiary/aromatic N) is 3. The highest BCUT2D eigenvalue weighted by Gasteiger charge is 2.31. The molecule has 2 saturated heterocycles. The summed E-state index contributed by atoms with van der Waals surface area (Å²) in [6, 6.07) is 21.3. The third kappa shape index (κ3) is 5.94. The SMILES string of the molecule is COc1ccc(S(=O)(=O)N2CCC(Cc3ccccc3)CC2)cc1N1CCN(C(=O)c2ccccc2F)CC1. The summed E-state index contributed by atoms with van der Waals surface area (Å²) in [7, 11) is -2.11. The Kier molecular flexibility index (Phi) is 8.18. The normalized spacial score (nSPS) is 17.3. The molecule has 7 nitrogen and oxygen atoms in total. The van der Waals surface area contributed by atoms with Gasteiger partial charge in [-0.25, -0.2) is 12.8 Å². The number of hydrogen-bond acceptors (Lipinski definition) is 5. The Morgan fingerprint density at radius 3 is 2.23 bits per heavy atom. The first-order chi connectivity index (χ1) is 18.9. The van der Waals surface area contributed by atoms with Crippen molar-refractivity contribution in [1.82, 2.24) is 9.21 Å². The van der Waals surface area contributed by atoms with Gasteiger partial charge in [-0.3, -0.25) is 4.79 Å². The first-order valence-electron chi connectivity index (χ1n) is 13.4. The van der Waals surface area contributed by atoms with Gasteiger partial charge in [0.05, 0.1) is 23.3 Å². The molecule has 0 N–H and O–H groups in total. The minimum Gasteiger partial charge on any atom is -0.495 e. The summed E-state index contributed by atoms with van der Waals surface area (Å²) < 4.78 is 48.5. The van der Waals surface area contributed by atoms with Crippen LogP contribution in [0, 0.1) is 11.7 Å². The molecule has 0 bridgehead atoms. The molecule has 39 heavy (non-hydrogen) atoms. The number of ether oxygens (including phenoxy) is 1. The number of amides is 1. The Hall–Kier alpha value is -3.43. The summed E-state index contributed by atoms with van der Waals surface area (Å²) >= 11 is 0. The van der Waals surface area contributed by atoms with Gasteiger partial charge in [0.1, 0.15) is 11.6 Å². The number of methoxy groups -OCH3 is 1. The maximum Gasteiger partial charge on any atom is 0.256 e. The number of anilines is 1. The highest BCUT2D eigenvalue weighted by atomic mass is 32.2. The molecule has 206 valence electrons. The second kappa shape index (κ2) is 11.8. The highest BCUT2D eigenvalue weighted by molar-refractivity contribution is 7.89. The van der Waals surface area contributed by atoms with Crippen molar-refractivity contribution < 1.29 is 22.3 Å². The molecule has 2 fully saturated rings. The van der Waals surface area contributed by atoms with Crippen molar-refractivity contribution in [2.45, 2.75) is 24.2 Å². The zero-order chi connectivity index (χ0) is 27.4. The van der Waals surface area contributed by atoms with E-state index in [1.165, 1.54) is 17.7 Å².